The van der Waals surface area contributed by atoms with E-state index in [0.717, 1.165) is 0 Å². The fourth-order valence-electron chi connectivity index (χ4n) is 2.89. The second-order valence-corrected chi connectivity index (χ2v) is 6.13. The van der Waals surface area contributed by atoms with Crippen LogP contribution in [0.15, 0.2) is 5.11 Å². The van der Waals surface area contributed by atoms with Crippen LogP contribution >= 0.6 is 0 Å². The van der Waals surface area contributed by atoms with Crippen LogP contribution in [-0.4, -0.2) is 48.8 Å². The standard InChI is InChI=1S/C12H19N3O5/c1-11(2)16-5-6(18-11)8-7(14-15-13)9-10(17-8)20-12(3,4)19-9/h6-10H,5H2,1-4H3/t6-,7-,8-,9-,10-/m1/s1. The van der Waals surface area contributed by atoms with Gasteiger partial charge in [0.25, 0.3) is 0 Å². The van der Waals surface area contributed by atoms with Crippen molar-refractivity contribution in [3.05, 3.63) is 10.4 Å². The highest BCUT2D eigenvalue weighted by atomic mass is 16.8. The van der Waals surface area contributed by atoms with Crippen molar-refractivity contribution >= 4 is 0 Å². The third-order valence-corrected chi connectivity index (χ3v) is 3.63. The van der Waals surface area contributed by atoms with Gasteiger partial charge in [-0.25, -0.2) is 0 Å². The van der Waals surface area contributed by atoms with E-state index in [1.54, 1.807) is 13.8 Å². The molecule has 3 fully saturated rings. The van der Waals surface area contributed by atoms with Crippen molar-refractivity contribution in [1.82, 2.24) is 0 Å². The lowest BCUT2D eigenvalue weighted by atomic mass is 10.0. The summed E-state index contributed by atoms with van der Waals surface area (Å²) < 4.78 is 28.6. The average molecular weight is 285 g/mol. The predicted octanol–water partition coefficient (Wildman–Crippen LogP) is 1.69. The Labute approximate surface area is 116 Å². The van der Waals surface area contributed by atoms with E-state index in [4.69, 9.17) is 29.2 Å². The molecule has 0 radical (unpaired) electrons. The molecule has 3 heterocycles. The van der Waals surface area contributed by atoms with Gasteiger partial charge in [0, 0.05) is 4.91 Å². The molecule has 0 N–H and O–H groups in total. The molecule has 3 aliphatic rings. The minimum absolute atomic E-state index is 0.304. The van der Waals surface area contributed by atoms with Crippen LogP contribution in [0.25, 0.3) is 10.4 Å². The molecule has 8 nitrogen and oxygen atoms in total. The first-order chi connectivity index (χ1) is 9.31. The minimum atomic E-state index is -0.740. The van der Waals surface area contributed by atoms with E-state index >= 15 is 0 Å². The van der Waals surface area contributed by atoms with E-state index in [1.807, 2.05) is 13.8 Å². The molecule has 5 atom stereocenters. The summed E-state index contributed by atoms with van der Waals surface area (Å²) in [6, 6.07) is -0.491. The molecule has 0 aromatic carbocycles. The quantitative estimate of drug-likeness (QED) is 0.437. The van der Waals surface area contributed by atoms with Gasteiger partial charge >= 0.3 is 0 Å². The molecule has 0 aliphatic carbocycles. The van der Waals surface area contributed by atoms with Crippen molar-refractivity contribution in [3.8, 4) is 0 Å². The van der Waals surface area contributed by atoms with Gasteiger partial charge in [-0.1, -0.05) is 5.11 Å². The highest BCUT2D eigenvalue weighted by Crippen LogP contribution is 2.41. The second-order valence-electron chi connectivity index (χ2n) is 6.13. The third-order valence-electron chi connectivity index (χ3n) is 3.63. The summed E-state index contributed by atoms with van der Waals surface area (Å²) >= 11 is 0. The van der Waals surface area contributed by atoms with Gasteiger partial charge in [0.15, 0.2) is 17.9 Å². The van der Waals surface area contributed by atoms with Crippen LogP contribution in [0.1, 0.15) is 27.7 Å². The molecule has 0 saturated carbocycles. The topological polar surface area (TPSA) is 94.9 Å². The van der Waals surface area contributed by atoms with Crippen molar-refractivity contribution in [2.45, 2.75) is 69.9 Å². The van der Waals surface area contributed by atoms with Crippen molar-refractivity contribution in [2.75, 3.05) is 6.61 Å². The first-order valence-corrected chi connectivity index (χ1v) is 6.68. The van der Waals surface area contributed by atoms with Gasteiger partial charge < -0.3 is 23.7 Å². The van der Waals surface area contributed by atoms with E-state index in [1.165, 1.54) is 0 Å². The Kier molecular flexibility index (Phi) is 3.20. The molecule has 3 rings (SSSR count). The third kappa shape index (κ3) is 2.39. The Morgan fingerprint density at radius 1 is 1.05 bits per heavy atom. The van der Waals surface area contributed by atoms with Crippen LogP contribution < -0.4 is 0 Å². The molecular weight excluding hydrogens is 266 g/mol. The van der Waals surface area contributed by atoms with Crippen LogP contribution in [0, 0.1) is 0 Å². The molecule has 0 aromatic heterocycles. The Morgan fingerprint density at radius 2 is 1.80 bits per heavy atom. The largest absolute Gasteiger partial charge is 0.348 e. The van der Waals surface area contributed by atoms with Crippen LogP contribution in [0.5, 0.6) is 0 Å². The number of ether oxygens (including phenoxy) is 5. The molecule has 0 aromatic rings. The maximum atomic E-state index is 8.77. The zero-order valence-electron chi connectivity index (χ0n) is 12.0. The first-order valence-electron chi connectivity index (χ1n) is 6.68. The second kappa shape index (κ2) is 4.56. The van der Waals surface area contributed by atoms with Gasteiger partial charge in [-0.3, -0.25) is 0 Å². The maximum absolute atomic E-state index is 8.77. The lowest BCUT2D eigenvalue weighted by molar-refractivity contribution is -0.222. The fraction of sp³-hybridized carbons (Fsp3) is 1.00. The molecule has 0 spiro atoms. The average Bonchev–Trinajstić information content (AvgIpc) is 2.91. The first kappa shape index (κ1) is 14.1. The van der Waals surface area contributed by atoms with Gasteiger partial charge in [-0.05, 0) is 33.2 Å². The SMILES string of the molecule is CC1(C)O[C@H]2O[C@H]([C@H]3COC(C)(C)O3)[C@@H](N=[N+]=[N-])[C@H]2O1. The van der Waals surface area contributed by atoms with Gasteiger partial charge in [0.05, 0.1) is 12.6 Å². The van der Waals surface area contributed by atoms with E-state index in [9.17, 15) is 0 Å². The number of nitrogens with zero attached hydrogens (tertiary/aromatic N) is 3. The Hall–Kier alpha value is -0.890. The van der Waals surface area contributed by atoms with Crippen molar-refractivity contribution in [2.24, 2.45) is 5.11 Å². The Bertz CT molecular complexity index is 448. The molecule has 112 valence electrons. The van der Waals surface area contributed by atoms with Crippen molar-refractivity contribution in [1.29, 1.82) is 0 Å². The lowest BCUT2D eigenvalue weighted by Gasteiger charge is -2.26. The van der Waals surface area contributed by atoms with Gasteiger partial charge in [-0.2, -0.15) is 0 Å². The monoisotopic (exact) mass is 285 g/mol. The van der Waals surface area contributed by atoms with Gasteiger partial charge in [-0.15, -0.1) is 0 Å². The van der Waals surface area contributed by atoms with Gasteiger partial charge in [0.2, 0.25) is 0 Å². The molecule has 0 amide bonds. The van der Waals surface area contributed by atoms with E-state index < -0.39 is 36.1 Å². The molecule has 20 heavy (non-hydrogen) atoms. The molecular formula is C12H19N3O5. The highest BCUT2D eigenvalue weighted by molar-refractivity contribution is 5.01. The summed E-state index contributed by atoms with van der Waals surface area (Å²) in [4.78, 5) is 2.90. The van der Waals surface area contributed by atoms with E-state index in [-0.39, 0.29) is 6.10 Å². The summed E-state index contributed by atoms with van der Waals surface area (Å²) in [5.41, 5.74) is 8.77. The van der Waals surface area contributed by atoms with Crippen LogP contribution in [0.2, 0.25) is 0 Å². The number of hydrogen-bond donors (Lipinski definition) is 0. The van der Waals surface area contributed by atoms with E-state index in [0.29, 0.717) is 6.61 Å². The van der Waals surface area contributed by atoms with Crippen molar-refractivity contribution in [3.63, 3.8) is 0 Å². The Morgan fingerprint density at radius 3 is 2.40 bits per heavy atom. The van der Waals surface area contributed by atoms with Crippen molar-refractivity contribution < 1.29 is 23.7 Å². The van der Waals surface area contributed by atoms with Crippen LogP contribution in [0.3, 0.4) is 0 Å². The summed E-state index contributed by atoms with van der Waals surface area (Å²) in [6.45, 7) is 7.66. The zero-order chi connectivity index (χ0) is 14.5. The molecule has 0 bridgehead atoms. The minimum Gasteiger partial charge on any atom is -0.348 e. The normalized spacial score (nSPS) is 45.1. The summed E-state index contributed by atoms with van der Waals surface area (Å²) in [7, 11) is 0. The predicted molar refractivity (Wildman–Crippen MR) is 66.5 cm³/mol. The Balaban J connectivity index is 1.78. The molecule has 3 aliphatic heterocycles. The number of azide groups is 1. The highest BCUT2D eigenvalue weighted by Gasteiger charge is 2.57. The van der Waals surface area contributed by atoms with Gasteiger partial charge in [0.1, 0.15) is 18.3 Å². The number of fused-ring (bicyclic) bond motifs is 1. The lowest BCUT2D eigenvalue weighted by Crippen LogP contribution is -2.41. The molecule has 3 saturated heterocycles. The summed E-state index contributed by atoms with van der Waals surface area (Å²) in [6.07, 6.45) is -1.70. The smallest absolute Gasteiger partial charge is 0.188 e. The zero-order valence-corrected chi connectivity index (χ0v) is 12.0. The van der Waals surface area contributed by atoms with Crippen LogP contribution in [0.4, 0.5) is 0 Å². The molecule has 8 heteroatoms. The fourth-order valence-corrected chi connectivity index (χ4v) is 2.89. The van der Waals surface area contributed by atoms with Crippen LogP contribution in [-0.2, 0) is 23.7 Å². The van der Waals surface area contributed by atoms with E-state index in [2.05, 4.69) is 10.0 Å². The maximum Gasteiger partial charge on any atom is 0.188 e. The summed E-state index contributed by atoms with van der Waals surface area (Å²) in [5, 5.41) is 3.82. The summed E-state index contributed by atoms with van der Waals surface area (Å²) in [5.74, 6) is -1.40. The number of rotatable bonds is 2. The molecule has 0 unspecified atom stereocenters. The number of hydrogen-bond acceptors (Lipinski definition) is 6.